The second-order valence-electron chi connectivity index (χ2n) is 4.21. The van der Waals surface area contributed by atoms with Crippen LogP contribution in [-0.2, 0) is 4.79 Å². The molecule has 96 valence electrons. The minimum absolute atomic E-state index is 0.0399. The molecular formula is C12H20N2O2S. The van der Waals surface area contributed by atoms with Crippen molar-refractivity contribution in [1.29, 1.82) is 0 Å². The molecule has 1 rings (SSSR count). The molecule has 0 bridgehead atoms. The number of thiophene rings is 1. The first-order chi connectivity index (χ1) is 8.09. The quantitative estimate of drug-likeness (QED) is 0.644. The van der Waals surface area contributed by atoms with Gasteiger partial charge in [0.05, 0.1) is 0 Å². The van der Waals surface area contributed by atoms with E-state index in [1.165, 1.54) is 11.3 Å². The van der Waals surface area contributed by atoms with Crippen molar-refractivity contribution in [2.75, 3.05) is 13.1 Å². The normalized spacial score (nSPS) is 12.7. The minimum atomic E-state index is -0.483. The third kappa shape index (κ3) is 5.81. The second-order valence-corrected chi connectivity index (χ2v) is 5.19. The van der Waals surface area contributed by atoms with Crippen LogP contribution in [0.25, 0.3) is 0 Å². The van der Waals surface area contributed by atoms with Crippen molar-refractivity contribution >= 4 is 17.2 Å². The van der Waals surface area contributed by atoms with Gasteiger partial charge in [0.1, 0.15) is 6.10 Å². The number of nitrogens with one attached hydrogen (secondary N) is 2. The first-order valence-corrected chi connectivity index (χ1v) is 6.69. The minimum Gasteiger partial charge on any atom is -0.386 e. The molecule has 0 aliphatic carbocycles. The maximum atomic E-state index is 11.3. The van der Waals surface area contributed by atoms with Gasteiger partial charge in [-0.15, -0.1) is 11.3 Å². The molecular weight excluding hydrogens is 236 g/mol. The topological polar surface area (TPSA) is 61.4 Å². The van der Waals surface area contributed by atoms with E-state index in [9.17, 15) is 9.90 Å². The number of rotatable bonds is 7. The van der Waals surface area contributed by atoms with Crippen LogP contribution < -0.4 is 10.6 Å². The Morgan fingerprint density at radius 2 is 2.29 bits per heavy atom. The summed E-state index contributed by atoms with van der Waals surface area (Å²) in [6.45, 7) is 4.94. The number of hydrogen-bond donors (Lipinski definition) is 3. The number of amides is 1. The second kappa shape index (κ2) is 7.42. The molecule has 17 heavy (non-hydrogen) atoms. The maximum absolute atomic E-state index is 11.3. The number of hydrogen-bond acceptors (Lipinski definition) is 4. The molecule has 0 saturated carbocycles. The maximum Gasteiger partial charge on any atom is 0.221 e. The predicted molar refractivity (Wildman–Crippen MR) is 70.0 cm³/mol. The molecule has 0 fully saturated rings. The Morgan fingerprint density at radius 3 is 2.88 bits per heavy atom. The molecule has 1 aromatic rings. The van der Waals surface area contributed by atoms with Crippen LogP contribution in [0.3, 0.4) is 0 Å². The van der Waals surface area contributed by atoms with E-state index in [2.05, 4.69) is 10.6 Å². The molecule has 0 spiro atoms. The van der Waals surface area contributed by atoms with Gasteiger partial charge < -0.3 is 15.7 Å². The van der Waals surface area contributed by atoms with Gasteiger partial charge in [-0.2, -0.15) is 0 Å². The van der Waals surface area contributed by atoms with Gasteiger partial charge in [-0.05, 0) is 25.3 Å². The molecule has 4 nitrogen and oxygen atoms in total. The lowest BCUT2D eigenvalue weighted by Crippen LogP contribution is -2.33. The zero-order valence-electron chi connectivity index (χ0n) is 10.3. The largest absolute Gasteiger partial charge is 0.386 e. The van der Waals surface area contributed by atoms with Gasteiger partial charge in [0.15, 0.2) is 0 Å². The third-order valence-corrected chi connectivity index (χ3v) is 3.16. The molecule has 1 amide bonds. The fraction of sp³-hybridized carbons (Fsp3) is 0.583. The van der Waals surface area contributed by atoms with E-state index < -0.39 is 6.10 Å². The highest BCUT2D eigenvalue weighted by Crippen LogP contribution is 2.17. The Labute approximate surface area is 106 Å². The summed E-state index contributed by atoms with van der Waals surface area (Å²) in [5.41, 5.74) is 0. The Bertz CT molecular complexity index is 325. The third-order valence-electron chi connectivity index (χ3n) is 2.19. The SMILES string of the molecule is CC(C)NC(=O)CCNCC(O)c1cccs1. The smallest absolute Gasteiger partial charge is 0.221 e. The van der Waals surface area contributed by atoms with E-state index in [4.69, 9.17) is 0 Å². The summed E-state index contributed by atoms with van der Waals surface area (Å²) in [7, 11) is 0. The van der Waals surface area contributed by atoms with Gasteiger partial charge in [-0.1, -0.05) is 6.07 Å². The van der Waals surface area contributed by atoms with Gasteiger partial charge in [0, 0.05) is 30.4 Å². The van der Waals surface area contributed by atoms with Gasteiger partial charge in [0.2, 0.25) is 5.91 Å². The lowest BCUT2D eigenvalue weighted by molar-refractivity contribution is -0.121. The molecule has 0 aliphatic rings. The van der Waals surface area contributed by atoms with Crippen molar-refractivity contribution in [3.63, 3.8) is 0 Å². The highest BCUT2D eigenvalue weighted by Gasteiger charge is 2.08. The summed E-state index contributed by atoms with van der Waals surface area (Å²) in [5, 5.41) is 17.6. The van der Waals surface area contributed by atoms with Gasteiger partial charge in [-0.3, -0.25) is 4.79 Å². The predicted octanol–water partition coefficient (Wildman–Crippen LogP) is 1.29. The van der Waals surface area contributed by atoms with Crippen molar-refractivity contribution < 1.29 is 9.90 Å². The van der Waals surface area contributed by atoms with Crippen LogP contribution >= 0.6 is 11.3 Å². The number of aliphatic hydroxyl groups excluding tert-OH is 1. The van der Waals surface area contributed by atoms with Crippen LogP contribution in [0, 0.1) is 0 Å². The Balaban J connectivity index is 2.10. The molecule has 5 heteroatoms. The zero-order chi connectivity index (χ0) is 12.7. The van der Waals surface area contributed by atoms with E-state index in [1.54, 1.807) is 0 Å². The van der Waals surface area contributed by atoms with Crippen LogP contribution in [0.5, 0.6) is 0 Å². The van der Waals surface area contributed by atoms with Gasteiger partial charge in [-0.25, -0.2) is 0 Å². The van der Waals surface area contributed by atoms with Crippen LogP contribution in [-0.4, -0.2) is 30.1 Å². The number of carbonyl (C=O) groups is 1. The average molecular weight is 256 g/mol. The first-order valence-electron chi connectivity index (χ1n) is 5.81. The van der Waals surface area contributed by atoms with E-state index >= 15 is 0 Å². The van der Waals surface area contributed by atoms with Crippen molar-refractivity contribution in [3.05, 3.63) is 22.4 Å². The van der Waals surface area contributed by atoms with Crippen LogP contribution in [0.15, 0.2) is 17.5 Å². The lowest BCUT2D eigenvalue weighted by atomic mass is 10.3. The standard InChI is InChI=1S/C12H20N2O2S/c1-9(2)14-12(16)5-6-13-8-10(15)11-4-3-7-17-11/h3-4,7,9-10,13,15H,5-6,8H2,1-2H3,(H,14,16). The molecule has 1 unspecified atom stereocenters. The monoisotopic (exact) mass is 256 g/mol. The van der Waals surface area contributed by atoms with E-state index in [0.717, 1.165) is 4.88 Å². The van der Waals surface area contributed by atoms with Crippen molar-refractivity contribution in [2.24, 2.45) is 0 Å². The van der Waals surface area contributed by atoms with Crippen molar-refractivity contribution in [2.45, 2.75) is 32.4 Å². The molecule has 0 aromatic carbocycles. The summed E-state index contributed by atoms with van der Waals surface area (Å²) in [6, 6.07) is 4.00. The highest BCUT2D eigenvalue weighted by atomic mass is 32.1. The molecule has 0 radical (unpaired) electrons. The first kappa shape index (κ1) is 14.2. The van der Waals surface area contributed by atoms with Crippen LogP contribution in [0.2, 0.25) is 0 Å². The summed E-state index contributed by atoms with van der Waals surface area (Å²) in [4.78, 5) is 12.3. The zero-order valence-corrected chi connectivity index (χ0v) is 11.1. The van der Waals surface area contributed by atoms with Crippen molar-refractivity contribution in [1.82, 2.24) is 10.6 Å². The van der Waals surface area contributed by atoms with Crippen LogP contribution in [0.1, 0.15) is 31.2 Å². The van der Waals surface area contributed by atoms with Crippen molar-refractivity contribution in [3.8, 4) is 0 Å². The Hall–Kier alpha value is -0.910. The van der Waals surface area contributed by atoms with E-state index in [1.807, 2.05) is 31.4 Å². The average Bonchev–Trinajstić information content (AvgIpc) is 2.76. The molecule has 1 aromatic heterocycles. The molecule has 3 N–H and O–H groups in total. The van der Waals surface area contributed by atoms with Gasteiger partial charge >= 0.3 is 0 Å². The fourth-order valence-corrected chi connectivity index (χ4v) is 2.13. The molecule has 0 saturated heterocycles. The summed E-state index contributed by atoms with van der Waals surface area (Å²) < 4.78 is 0. The highest BCUT2D eigenvalue weighted by molar-refractivity contribution is 7.10. The van der Waals surface area contributed by atoms with Crippen LogP contribution in [0.4, 0.5) is 0 Å². The van der Waals surface area contributed by atoms with Gasteiger partial charge in [0.25, 0.3) is 0 Å². The van der Waals surface area contributed by atoms with E-state index in [-0.39, 0.29) is 11.9 Å². The molecule has 1 heterocycles. The fourth-order valence-electron chi connectivity index (χ4n) is 1.42. The summed E-state index contributed by atoms with van der Waals surface area (Å²) in [5.74, 6) is 0.0399. The Kier molecular flexibility index (Phi) is 6.18. The summed E-state index contributed by atoms with van der Waals surface area (Å²) in [6.07, 6.45) is -0.0434. The number of carbonyl (C=O) groups excluding carboxylic acids is 1. The number of aliphatic hydroxyl groups is 1. The molecule has 0 aliphatic heterocycles. The molecule has 1 atom stereocenters. The Morgan fingerprint density at radius 1 is 1.53 bits per heavy atom. The summed E-state index contributed by atoms with van der Waals surface area (Å²) >= 11 is 1.53. The lowest BCUT2D eigenvalue weighted by Gasteiger charge is -2.11. The van der Waals surface area contributed by atoms with E-state index in [0.29, 0.717) is 19.5 Å².